The van der Waals surface area contributed by atoms with Gasteiger partial charge in [0.1, 0.15) is 6.29 Å². The van der Waals surface area contributed by atoms with Crippen LogP contribution in [0.25, 0.3) is 0 Å². The highest BCUT2D eigenvalue weighted by Gasteiger charge is 2.40. The van der Waals surface area contributed by atoms with Crippen LogP contribution in [0.3, 0.4) is 0 Å². The molecule has 3 heteroatoms. The molecule has 0 N–H and O–H groups in total. The maximum atomic E-state index is 11.5. The fourth-order valence-corrected chi connectivity index (χ4v) is 4.17. The first-order chi connectivity index (χ1) is 8.83. The maximum absolute atomic E-state index is 11.5. The lowest BCUT2D eigenvalue weighted by molar-refractivity contribution is -0.124. The van der Waals surface area contributed by atoms with Crippen LogP contribution in [0.1, 0.15) is 51.4 Å². The molecule has 18 heavy (non-hydrogen) atoms. The average molecular weight is 251 g/mol. The van der Waals surface area contributed by atoms with Crippen molar-refractivity contribution in [3.05, 3.63) is 0 Å². The Bertz CT molecular complexity index is 297. The van der Waals surface area contributed by atoms with E-state index in [1.807, 2.05) is 0 Å². The topological polar surface area (TPSA) is 29.5 Å². The molecule has 2 atom stereocenters. The first-order valence-corrected chi connectivity index (χ1v) is 7.65. The third kappa shape index (κ3) is 2.35. The van der Waals surface area contributed by atoms with Crippen LogP contribution >= 0.6 is 0 Å². The summed E-state index contributed by atoms with van der Waals surface area (Å²) >= 11 is 0. The number of carbonyl (C=O) groups is 1. The largest absolute Gasteiger partial charge is 0.375 e. The van der Waals surface area contributed by atoms with Crippen molar-refractivity contribution in [3.8, 4) is 0 Å². The number of hydrogen-bond donors (Lipinski definition) is 0. The molecule has 102 valence electrons. The molecule has 2 saturated carbocycles. The van der Waals surface area contributed by atoms with Gasteiger partial charge in [-0.1, -0.05) is 25.7 Å². The number of rotatable bonds is 3. The summed E-state index contributed by atoms with van der Waals surface area (Å²) in [7, 11) is 0. The van der Waals surface area contributed by atoms with Gasteiger partial charge >= 0.3 is 0 Å². The third-order valence-corrected chi connectivity index (χ3v) is 5.21. The van der Waals surface area contributed by atoms with E-state index >= 15 is 0 Å². The second kappa shape index (κ2) is 5.30. The molecule has 2 unspecified atom stereocenters. The van der Waals surface area contributed by atoms with Crippen LogP contribution in [-0.4, -0.2) is 43.0 Å². The Morgan fingerprint density at radius 1 is 1.17 bits per heavy atom. The minimum Gasteiger partial charge on any atom is -0.375 e. The predicted molar refractivity (Wildman–Crippen MR) is 70.5 cm³/mol. The van der Waals surface area contributed by atoms with E-state index in [1.54, 1.807) is 0 Å². The van der Waals surface area contributed by atoms with Crippen LogP contribution in [0.5, 0.6) is 0 Å². The number of aldehydes is 1. The predicted octanol–water partition coefficient (Wildman–Crippen LogP) is 2.39. The van der Waals surface area contributed by atoms with Gasteiger partial charge < -0.3 is 9.53 Å². The molecule has 0 aromatic carbocycles. The van der Waals surface area contributed by atoms with Crippen molar-refractivity contribution >= 4 is 6.29 Å². The van der Waals surface area contributed by atoms with Crippen molar-refractivity contribution in [2.45, 2.75) is 63.5 Å². The summed E-state index contributed by atoms with van der Waals surface area (Å²) < 4.78 is 5.91. The van der Waals surface area contributed by atoms with Gasteiger partial charge in [-0.15, -0.1) is 0 Å². The quantitative estimate of drug-likeness (QED) is 0.721. The minimum absolute atomic E-state index is 0.0284. The number of nitrogens with zero attached hydrogens (tertiary/aromatic N) is 1. The molecular formula is C15H25NO2. The van der Waals surface area contributed by atoms with Gasteiger partial charge in [-0.05, 0) is 25.7 Å². The number of morpholine rings is 1. The summed E-state index contributed by atoms with van der Waals surface area (Å²) in [5.74, 6) is 0. The van der Waals surface area contributed by atoms with Gasteiger partial charge in [0.2, 0.25) is 0 Å². The Hall–Kier alpha value is -0.410. The molecule has 1 aliphatic heterocycles. The Kier molecular flexibility index (Phi) is 3.71. The number of ether oxygens (including phenoxy) is 1. The van der Waals surface area contributed by atoms with E-state index in [2.05, 4.69) is 4.90 Å². The van der Waals surface area contributed by atoms with Gasteiger partial charge in [0.15, 0.2) is 0 Å². The smallest absolute Gasteiger partial charge is 0.127 e. The molecular weight excluding hydrogens is 226 g/mol. The van der Waals surface area contributed by atoms with Gasteiger partial charge in [-0.25, -0.2) is 0 Å². The van der Waals surface area contributed by atoms with Crippen molar-refractivity contribution in [2.24, 2.45) is 5.41 Å². The first kappa shape index (κ1) is 12.6. The zero-order valence-electron chi connectivity index (χ0n) is 11.3. The summed E-state index contributed by atoms with van der Waals surface area (Å²) in [4.78, 5) is 14.1. The van der Waals surface area contributed by atoms with Crippen molar-refractivity contribution in [1.82, 2.24) is 4.90 Å². The zero-order chi connectivity index (χ0) is 12.4. The van der Waals surface area contributed by atoms with Gasteiger partial charge in [0, 0.05) is 24.5 Å². The summed E-state index contributed by atoms with van der Waals surface area (Å²) in [6.45, 7) is 2.87. The number of hydrogen-bond acceptors (Lipinski definition) is 3. The average Bonchev–Trinajstić information content (AvgIpc) is 2.88. The second-order valence-corrected chi connectivity index (χ2v) is 6.42. The van der Waals surface area contributed by atoms with Crippen LogP contribution in [-0.2, 0) is 9.53 Å². The highest BCUT2D eigenvalue weighted by molar-refractivity contribution is 5.60. The Morgan fingerprint density at radius 2 is 1.94 bits per heavy atom. The molecule has 3 nitrogen and oxygen atoms in total. The lowest BCUT2D eigenvalue weighted by Gasteiger charge is -2.46. The van der Waals surface area contributed by atoms with Gasteiger partial charge in [0.25, 0.3) is 0 Å². The van der Waals surface area contributed by atoms with Gasteiger partial charge in [-0.3, -0.25) is 4.90 Å². The van der Waals surface area contributed by atoms with E-state index in [0.717, 1.165) is 32.5 Å². The molecule has 1 saturated heterocycles. The first-order valence-electron chi connectivity index (χ1n) is 7.65. The van der Waals surface area contributed by atoms with E-state index in [-0.39, 0.29) is 5.41 Å². The molecule has 0 aromatic rings. The molecule has 0 bridgehead atoms. The van der Waals surface area contributed by atoms with Crippen LogP contribution < -0.4 is 0 Å². The van der Waals surface area contributed by atoms with E-state index < -0.39 is 0 Å². The van der Waals surface area contributed by atoms with E-state index in [4.69, 9.17) is 4.74 Å². The lowest BCUT2D eigenvalue weighted by Crippen LogP contribution is -2.55. The maximum Gasteiger partial charge on any atom is 0.127 e. The Labute approximate surface area is 110 Å². The fraction of sp³-hybridized carbons (Fsp3) is 0.933. The van der Waals surface area contributed by atoms with Crippen LogP contribution in [0.2, 0.25) is 0 Å². The summed E-state index contributed by atoms with van der Waals surface area (Å²) in [5, 5.41) is 0. The van der Waals surface area contributed by atoms with Gasteiger partial charge in [0.05, 0.1) is 12.7 Å². The SMILES string of the molecule is O=CC1(CN2CCOC3CCCCC32)CCCC1. The standard InChI is InChI=1S/C15H25NO2/c17-12-15(7-3-4-8-15)11-16-9-10-18-14-6-2-1-5-13(14)16/h12-14H,1-11H2. The van der Waals surface area contributed by atoms with E-state index in [1.165, 1.54) is 44.8 Å². The minimum atomic E-state index is -0.0284. The lowest BCUT2D eigenvalue weighted by atomic mass is 9.84. The molecule has 0 spiro atoms. The van der Waals surface area contributed by atoms with Crippen LogP contribution in [0.15, 0.2) is 0 Å². The monoisotopic (exact) mass is 251 g/mol. The van der Waals surface area contributed by atoms with Crippen molar-refractivity contribution < 1.29 is 9.53 Å². The van der Waals surface area contributed by atoms with Crippen molar-refractivity contribution in [3.63, 3.8) is 0 Å². The molecule has 0 radical (unpaired) electrons. The number of fused-ring (bicyclic) bond motifs is 1. The number of carbonyl (C=O) groups excluding carboxylic acids is 1. The zero-order valence-corrected chi connectivity index (χ0v) is 11.3. The summed E-state index contributed by atoms with van der Waals surface area (Å²) in [5.41, 5.74) is -0.0284. The van der Waals surface area contributed by atoms with Crippen molar-refractivity contribution in [2.75, 3.05) is 19.7 Å². The van der Waals surface area contributed by atoms with E-state index in [9.17, 15) is 4.79 Å². The van der Waals surface area contributed by atoms with Crippen molar-refractivity contribution in [1.29, 1.82) is 0 Å². The highest BCUT2D eigenvalue weighted by Crippen LogP contribution is 2.39. The normalized spacial score (nSPS) is 36.2. The molecule has 3 aliphatic rings. The molecule has 1 heterocycles. The molecule has 0 aromatic heterocycles. The molecule has 3 fully saturated rings. The summed E-state index contributed by atoms with van der Waals surface area (Å²) in [6.07, 6.45) is 11.5. The van der Waals surface area contributed by atoms with E-state index in [0.29, 0.717) is 12.1 Å². The summed E-state index contributed by atoms with van der Waals surface area (Å²) in [6, 6.07) is 0.588. The molecule has 3 rings (SSSR count). The Balaban J connectivity index is 1.68. The van der Waals surface area contributed by atoms with Gasteiger partial charge in [-0.2, -0.15) is 0 Å². The Morgan fingerprint density at radius 3 is 2.72 bits per heavy atom. The fourth-order valence-electron chi connectivity index (χ4n) is 4.17. The van der Waals surface area contributed by atoms with Crippen LogP contribution in [0.4, 0.5) is 0 Å². The second-order valence-electron chi connectivity index (χ2n) is 6.42. The molecule has 0 amide bonds. The van der Waals surface area contributed by atoms with Crippen LogP contribution in [0, 0.1) is 5.41 Å². The third-order valence-electron chi connectivity index (χ3n) is 5.21. The highest BCUT2D eigenvalue weighted by atomic mass is 16.5. The molecule has 2 aliphatic carbocycles.